The maximum Gasteiger partial charge on any atom is 0.419 e. The summed E-state index contributed by atoms with van der Waals surface area (Å²) in [5.74, 6) is -1.96. The number of carbonyl (C=O) groups excluding carboxylic acids is 1. The number of hydrogen-bond acceptors (Lipinski definition) is 1. The molecule has 0 aliphatic carbocycles. The third kappa shape index (κ3) is 3.09. The zero-order chi connectivity index (χ0) is 13.9. The molecule has 6 heteroatoms. The molecule has 1 rings (SSSR count). The van der Waals surface area contributed by atoms with Crippen LogP contribution in [0.3, 0.4) is 0 Å². The molecule has 0 radical (unpaired) electrons. The second-order valence-corrected chi connectivity index (χ2v) is 3.64. The molecular formula is C12H11F4NO. The Morgan fingerprint density at radius 2 is 2.06 bits per heavy atom. The first-order valence-electron chi connectivity index (χ1n) is 5.06. The Bertz CT molecular complexity index is 468. The Balaban J connectivity index is 3.11. The number of amides is 1. The van der Waals surface area contributed by atoms with Crippen molar-refractivity contribution in [3.8, 4) is 0 Å². The van der Waals surface area contributed by atoms with Gasteiger partial charge in [0.2, 0.25) is 5.91 Å². The fraction of sp³-hybridized carbons (Fsp3) is 0.250. The zero-order valence-corrected chi connectivity index (χ0v) is 9.51. The SMILES string of the molecule is C=CC(=O)N[C@H](C)c1cccc(C(F)(F)F)c1F. The lowest BCUT2D eigenvalue weighted by molar-refractivity contribution is -0.140. The van der Waals surface area contributed by atoms with E-state index < -0.39 is 29.5 Å². The molecule has 0 spiro atoms. The summed E-state index contributed by atoms with van der Waals surface area (Å²) >= 11 is 0. The van der Waals surface area contributed by atoms with Gasteiger partial charge < -0.3 is 5.32 Å². The van der Waals surface area contributed by atoms with E-state index >= 15 is 0 Å². The van der Waals surface area contributed by atoms with E-state index in [9.17, 15) is 22.4 Å². The van der Waals surface area contributed by atoms with Gasteiger partial charge in [-0.05, 0) is 19.1 Å². The molecule has 0 heterocycles. The minimum Gasteiger partial charge on any atom is -0.346 e. The molecule has 1 atom stereocenters. The van der Waals surface area contributed by atoms with Gasteiger partial charge in [0.25, 0.3) is 0 Å². The van der Waals surface area contributed by atoms with Crippen LogP contribution < -0.4 is 5.32 Å². The van der Waals surface area contributed by atoms with Crippen molar-refractivity contribution >= 4 is 5.91 Å². The van der Waals surface area contributed by atoms with Gasteiger partial charge in [-0.25, -0.2) is 4.39 Å². The van der Waals surface area contributed by atoms with Gasteiger partial charge in [0.05, 0.1) is 11.6 Å². The van der Waals surface area contributed by atoms with Crippen LogP contribution in [0, 0.1) is 5.82 Å². The predicted molar refractivity (Wildman–Crippen MR) is 58.2 cm³/mol. The van der Waals surface area contributed by atoms with Crippen LogP contribution in [0.2, 0.25) is 0 Å². The van der Waals surface area contributed by atoms with E-state index in [1.54, 1.807) is 0 Å². The quantitative estimate of drug-likeness (QED) is 0.657. The molecule has 0 unspecified atom stereocenters. The molecule has 0 bridgehead atoms. The predicted octanol–water partition coefficient (Wildman–Crippen LogP) is 3.21. The third-order valence-electron chi connectivity index (χ3n) is 2.34. The molecular weight excluding hydrogens is 250 g/mol. The second kappa shape index (κ2) is 5.20. The highest BCUT2D eigenvalue weighted by Gasteiger charge is 2.35. The van der Waals surface area contributed by atoms with Gasteiger partial charge in [-0.2, -0.15) is 13.2 Å². The summed E-state index contributed by atoms with van der Waals surface area (Å²) in [6.07, 6.45) is -3.80. The first kappa shape index (κ1) is 14.2. The minimum absolute atomic E-state index is 0.222. The first-order valence-corrected chi connectivity index (χ1v) is 5.06. The second-order valence-electron chi connectivity index (χ2n) is 3.64. The van der Waals surface area contributed by atoms with E-state index in [4.69, 9.17) is 0 Å². The third-order valence-corrected chi connectivity index (χ3v) is 2.34. The zero-order valence-electron chi connectivity index (χ0n) is 9.51. The number of alkyl halides is 3. The van der Waals surface area contributed by atoms with Crippen molar-refractivity contribution in [1.82, 2.24) is 5.32 Å². The normalized spacial score (nSPS) is 12.9. The summed E-state index contributed by atoms with van der Waals surface area (Å²) < 4.78 is 51.1. The molecule has 0 saturated carbocycles. The molecule has 1 aromatic rings. The van der Waals surface area contributed by atoms with E-state index in [-0.39, 0.29) is 5.56 Å². The highest BCUT2D eigenvalue weighted by atomic mass is 19.4. The molecule has 1 amide bonds. The summed E-state index contributed by atoms with van der Waals surface area (Å²) in [4.78, 5) is 11.0. The van der Waals surface area contributed by atoms with Gasteiger partial charge in [0.15, 0.2) is 0 Å². The van der Waals surface area contributed by atoms with Crippen molar-refractivity contribution in [1.29, 1.82) is 0 Å². The smallest absolute Gasteiger partial charge is 0.346 e. The molecule has 0 saturated heterocycles. The molecule has 98 valence electrons. The first-order chi connectivity index (χ1) is 8.27. The van der Waals surface area contributed by atoms with Crippen LogP contribution in [0.25, 0.3) is 0 Å². The fourth-order valence-corrected chi connectivity index (χ4v) is 1.45. The Morgan fingerprint density at radius 3 is 2.56 bits per heavy atom. The van der Waals surface area contributed by atoms with E-state index in [1.165, 1.54) is 13.0 Å². The van der Waals surface area contributed by atoms with Crippen molar-refractivity contribution < 1.29 is 22.4 Å². The van der Waals surface area contributed by atoms with Crippen LogP contribution in [0.1, 0.15) is 24.1 Å². The van der Waals surface area contributed by atoms with Crippen LogP contribution in [0.4, 0.5) is 17.6 Å². The van der Waals surface area contributed by atoms with E-state index in [2.05, 4.69) is 11.9 Å². The van der Waals surface area contributed by atoms with Crippen LogP contribution in [-0.2, 0) is 11.0 Å². The Labute approximate surface area is 101 Å². The summed E-state index contributed by atoms with van der Waals surface area (Å²) in [7, 11) is 0. The number of benzene rings is 1. The maximum atomic E-state index is 13.7. The lowest BCUT2D eigenvalue weighted by Crippen LogP contribution is -2.26. The molecule has 1 N–H and O–H groups in total. The molecule has 18 heavy (non-hydrogen) atoms. The topological polar surface area (TPSA) is 29.1 Å². The summed E-state index contributed by atoms with van der Waals surface area (Å²) in [5.41, 5.74) is -1.57. The number of hydrogen-bond donors (Lipinski definition) is 1. The van der Waals surface area contributed by atoms with E-state index in [1.807, 2.05) is 0 Å². The van der Waals surface area contributed by atoms with Crippen molar-refractivity contribution in [3.05, 3.63) is 47.8 Å². The Kier molecular flexibility index (Phi) is 4.11. The van der Waals surface area contributed by atoms with Gasteiger partial charge in [0.1, 0.15) is 5.82 Å². The molecule has 0 fully saturated rings. The van der Waals surface area contributed by atoms with E-state index in [0.717, 1.165) is 12.1 Å². The number of halogens is 4. The molecule has 0 aliphatic rings. The fourth-order valence-electron chi connectivity index (χ4n) is 1.45. The van der Waals surface area contributed by atoms with Crippen molar-refractivity contribution in [2.75, 3.05) is 0 Å². The Morgan fingerprint density at radius 1 is 1.44 bits per heavy atom. The molecule has 0 aliphatic heterocycles. The lowest BCUT2D eigenvalue weighted by atomic mass is 10.0. The van der Waals surface area contributed by atoms with E-state index in [0.29, 0.717) is 6.07 Å². The summed E-state index contributed by atoms with van der Waals surface area (Å²) in [6.45, 7) is 4.59. The van der Waals surface area contributed by atoms with Crippen molar-refractivity contribution in [3.63, 3.8) is 0 Å². The Hall–Kier alpha value is -1.85. The van der Waals surface area contributed by atoms with Crippen LogP contribution in [0.15, 0.2) is 30.9 Å². The van der Waals surface area contributed by atoms with Gasteiger partial charge >= 0.3 is 6.18 Å². The maximum absolute atomic E-state index is 13.7. The molecule has 2 nitrogen and oxygen atoms in total. The van der Waals surface area contributed by atoms with Gasteiger partial charge in [-0.15, -0.1) is 0 Å². The van der Waals surface area contributed by atoms with Gasteiger partial charge in [-0.1, -0.05) is 18.7 Å². The summed E-state index contributed by atoms with van der Waals surface area (Å²) in [5, 5.41) is 2.30. The van der Waals surface area contributed by atoms with Crippen LogP contribution >= 0.6 is 0 Å². The standard InChI is InChI=1S/C12H11F4NO/c1-3-10(18)17-7(2)8-5-4-6-9(11(8)13)12(14,15)16/h3-7H,1H2,2H3,(H,17,18)/t7-/m1/s1. The minimum atomic E-state index is -4.76. The average Bonchev–Trinajstić information content (AvgIpc) is 2.27. The van der Waals surface area contributed by atoms with Crippen molar-refractivity contribution in [2.24, 2.45) is 0 Å². The average molecular weight is 261 g/mol. The number of carbonyl (C=O) groups is 1. The van der Waals surface area contributed by atoms with Crippen LogP contribution in [0.5, 0.6) is 0 Å². The highest BCUT2D eigenvalue weighted by molar-refractivity contribution is 5.87. The summed E-state index contributed by atoms with van der Waals surface area (Å²) in [6, 6.07) is 2.06. The highest BCUT2D eigenvalue weighted by Crippen LogP contribution is 2.33. The molecule has 1 aromatic carbocycles. The van der Waals surface area contributed by atoms with Gasteiger partial charge in [0, 0.05) is 5.56 Å². The molecule has 0 aromatic heterocycles. The van der Waals surface area contributed by atoms with Crippen molar-refractivity contribution in [2.45, 2.75) is 19.1 Å². The monoisotopic (exact) mass is 261 g/mol. The van der Waals surface area contributed by atoms with Gasteiger partial charge in [-0.3, -0.25) is 4.79 Å². The largest absolute Gasteiger partial charge is 0.419 e. The number of rotatable bonds is 3. The number of nitrogens with one attached hydrogen (secondary N) is 1. The van der Waals surface area contributed by atoms with Crippen LogP contribution in [-0.4, -0.2) is 5.91 Å². The lowest BCUT2D eigenvalue weighted by Gasteiger charge is -2.16.